The Balaban J connectivity index is 1.59. The van der Waals surface area contributed by atoms with Crippen LogP contribution in [0, 0.1) is 6.92 Å². The Morgan fingerprint density at radius 2 is 2.00 bits per heavy atom. The van der Waals surface area contributed by atoms with Crippen LogP contribution in [0.5, 0.6) is 0 Å². The summed E-state index contributed by atoms with van der Waals surface area (Å²) < 4.78 is 0. The first kappa shape index (κ1) is 14.2. The van der Waals surface area contributed by atoms with E-state index in [1.807, 2.05) is 24.7 Å². The molecule has 1 saturated heterocycles. The lowest BCUT2D eigenvalue weighted by Gasteiger charge is -2.24. The Morgan fingerprint density at radius 1 is 1.13 bits per heavy atom. The van der Waals surface area contributed by atoms with E-state index in [-0.39, 0.29) is 0 Å². The van der Waals surface area contributed by atoms with E-state index in [4.69, 9.17) is 0 Å². The predicted octanol–water partition coefficient (Wildman–Crippen LogP) is 3.10. The highest BCUT2D eigenvalue weighted by atomic mass is 15.0. The quantitative estimate of drug-likeness (QED) is 0.695. The molecule has 23 heavy (non-hydrogen) atoms. The van der Waals surface area contributed by atoms with Gasteiger partial charge in [-0.05, 0) is 56.6 Å². The summed E-state index contributed by atoms with van der Waals surface area (Å²) in [7, 11) is 0. The van der Waals surface area contributed by atoms with Crippen molar-refractivity contribution in [2.24, 2.45) is 0 Å². The van der Waals surface area contributed by atoms with Crippen LogP contribution >= 0.6 is 0 Å². The third-order valence-corrected chi connectivity index (χ3v) is 4.51. The van der Waals surface area contributed by atoms with Gasteiger partial charge in [0.05, 0.1) is 5.69 Å². The molecule has 4 heterocycles. The lowest BCUT2D eigenvalue weighted by molar-refractivity contribution is 0.478. The minimum Gasteiger partial charge on any atom is -0.367 e. The molecule has 0 radical (unpaired) electrons. The fourth-order valence-corrected chi connectivity index (χ4v) is 3.17. The van der Waals surface area contributed by atoms with Crippen LogP contribution in [0.2, 0.25) is 0 Å². The second-order valence-electron chi connectivity index (χ2n) is 6.19. The van der Waals surface area contributed by atoms with E-state index in [0.717, 1.165) is 53.9 Å². The van der Waals surface area contributed by atoms with Gasteiger partial charge in [0.25, 0.3) is 0 Å². The smallest absolute Gasteiger partial charge is 0.126 e. The van der Waals surface area contributed by atoms with Crippen molar-refractivity contribution in [3.63, 3.8) is 0 Å². The fourth-order valence-electron chi connectivity index (χ4n) is 3.17. The van der Waals surface area contributed by atoms with Crippen LogP contribution < -0.4 is 10.6 Å². The van der Waals surface area contributed by atoms with Gasteiger partial charge < -0.3 is 15.6 Å². The molecule has 5 heteroatoms. The number of hydrogen-bond donors (Lipinski definition) is 3. The highest BCUT2D eigenvalue weighted by molar-refractivity contribution is 5.82. The first-order chi connectivity index (χ1) is 11.3. The Labute approximate surface area is 135 Å². The van der Waals surface area contributed by atoms with Crippen molar-refractivity contribution in [1.29, 1.82) is 0 Å². The number of H-pyrrole nitrogens is 1. The largest absolute Gasteiger partial charge is 0.367 e. The average molecular weight is 307 g/mol. The molecule has 3 aromatic heterocycles. The number of pyridine rings is 2. The Hall–Kier alpha value is -2.40. The van der Waals surface area contributed by atoms with Gasteiger partial charge in [0, 0.05) is 41.1 Å². The van der Waals surface area contributed by atoms with Gasteiger partial charge in [0.15, 0.2) is 0 Å². The standard InChI is InChI=1S/C18H21N5/c1-12-8-18(23-14-3-5-19-6-4-14)22-11-15(12)17-9-16-13(10-21-17)2-7-20-16/h2,7-11,14,19-20H,3-6H2,1H3,(H,22,23). The molecule has 0 amide bonds. The maximum Gasteiger partial charge on any atom is 0.126 e. The predicted molar refractivity (Wildman–Crippen MR) is 93.6 cm³/mol. The van der Waals surface area contributed by atoms with E-state index in [1.54, 1.807) is 0 Å². The molecule has 0 atom stereocenters. The molecule has 0 spiro atoms. The van der Waals surface area contributed by atoms with Gasteiger partial charge in [0.2, 0.25) is 0 Å². The van der Waals surface area contributed by atoms with Gasteiger partial charge >= 0.3 is 0 Å². The topological polar surface area (TPSA) is 65.6 Å². The molecule has 0 aliphatic carbocycles. The SMILES string of the molecule is Cc1cc(NC2CCNCC2)ncc1-c1cc2[nH]ccc2cn1. The van der Waals surface area contributed by atoms with Gasteiger partial charge in [-0.1, -0.05) is 0 Å². The molecule has 1 aliphatic rings. The highest BCUT2D eigenvalue weighted by Crippen LogP contribution is 2.25. The van der Waals surface area contributed by atoms with Gasteiger partial charge in [-0.2, -0.15) is 0 Å². The molecule has 1 aliphatic heterocycles. The van der Waals surface area contributed by atoms with E-state index < -0.39 is 0 Å². The van der Waals surface area contributed by atoms with Crippen LogP contribution in [-0.4, -0.2) is 34.1 Å². The zero-order chi connectivity index (χ0) is 15.6. The molecule has 5 nitrogen and oxygen atoms in total. The number of rotatable bonds is 3. The van der Waals surface area contributed by atoms with E-state index in [2.05, 4.69) is 44.6 Å². The summed E-state index contributed by atoms with van der Waals surface area (Å²) in [5.74, 6) is 0.958. The van der Waals surface area contributed by atoms with E-state index in [1.165, 1.54) is 5.56 Å². The van der Waals surface area contributed by atoms with Crippen LogP contribution in [0.15, 0.2) is 36.8 Å². The first-order valence-electron chi connectivity index (χ1n) is 8.17. The molecule has 0 aromatic carbocycles. The zero-order valence-corrected chi connectivity index (χ0v) is 13.3. The lowest BCUT2D eigenvalue weighted by atomic mass is 10.1. The van der Waals surface area contributed by atoms with E-state index >= 15 is 0 Å². The molecule has 3 aromatic rings. The van der Waals surface area contributed by atoms with Crippen molar-refractivity contribution < 1.29 is 0 Å². The van der Waals surface area contributed by atoms with Crippen molar-refractivity contribution in [3.05, 3.63) is 42.4 Å². The van der Waals surface area contributed by atoms with Crippen LogP contribution in [-0.2, 0) is 0 Å². The zero-order valence-electron chi connectivity index (χ0n) is 13.3. The minimum atomic E-state index is 0.516. The third-order valence-electron chi connectivity index (χ3n) is 4.51. The van der Waals surface area contributed by atoms with Crippen LogP contribution in [0.4, 0.5) is 5.82 Å². The molecule has 0 bridgehead atoms. The number of aryl methyl sites for hydroxylation is 1. The van der Waals surface area contributed by atoms with Gasteiger partial charge in [-0.25, -0.2) is 4.98 Å². The Morgan fingerprint density at radius 3 is 2.83 bits per heavy atom. The summed E-state index contributed by atoms with van der Waals surface area (Å²) in [6.45, 7) is 4.27. The molecule has 4 rings (SSSR count). The number of aromatic amines is 1. The monoisotopic (exact) mass is 307 g/mol. The van der Waals surface area contributed by atoms with Crippen molar-refractivity contribution in [3.8, 4) is 11.3 Å². The fraction of sp³-hybridized carbons (Fsp3) is 0.333. The number of aromatic nitrogens is 3. The summed E-state index contributed by atoms with van der Waals surface area (Å²) in [6, 6.07) is 6.75. The molecular formula is C18H21N5. The van der Waals surface area contributed by atoms with E-state index in [0.29, 0.717) is 6.04 Å². The number of fused-ring (bicyclic) bond motifs is 1. The van der Waals surface area contributed by atoms with Gasteiger partial charge in [-0.3, -0.25) is 4.98 Å². The number of nitrogens with zero attached hydrogens (tertiary/aromatic N) is 2. The minimum absolute atomic E-state index is 0.516. The maximum absolute atomic E-state index is 4.60. The van der Waals surface area contributed by atoms with Crippen molar-refractivity contribution in [2.75, 3.05) is 18.4 Å². The molecule has 0 unspecified atom stereocenters. The highest BCUT2D eigenvalue weighted by Gasteiger charge is 2.14. The summed E-state index contributed by atoms with van der Waals surface area (Å²) in [5.41, 5.74) is 4.33. The van der Waals surface area contributed by atoms with Crippen molar-refractivity contribution in [2.45, 2.75) is 25.8 Å². The second-order valence-corrected chi connectivity index (χ2v) is 6.19. The summed E-state index contributed by atoms with van der Waals surface area (Å²) in [6.07, 6.45) is 8.06. The molecule has 1 fully saturated rings. The Kier molecular flexibility index (Phi) is 3.71. The second kappa shape index (κ2) is 6.01. The lowest BCUT2D eigenvalue weighted by Crippen LogP contribution is -2.35. The number of nitrogens with one attached hydrogen (secondary N) is 3. The maximum atomic E-state index is 4.60. The molecule has 118 valence electrons. The average Bonchev–Trinajstić information content (AvgIpc) is 3.03. The van der Waals surface area contributed by atoms with Gasteiger partial charge in [-0.15, -0.1) is 0 Å². The Bertz CT molecular complexity index is 817. The third kappa shape index (κ3) is 2.92. The van der Waals surface area contributed by atoms with Crippen molar-refractivity contribution >= 4 is 16.7 Å². The van der Waals surface area contributed by atoms with Crippen LogP contribution in [0.3, 0.4) is 0 Å². The molecule has 0 saturated carbocycles. The molecular weight excluding hydrogens is 286 g/mol. The van der Waals surface area contributed by atoms with Gasteiger partial charge in [0.1, 0.15) is 5.82 Å². The number of piperidine rings is 1. The normalized spacial score (nSPS) is 15.9. The van der Waals surface area contributed by atoms with Crippen LogP contribution in [0.1, 0.15) is 18.4 Å². The summed E-state index contributed by atoms with van der Waals surface area (Å²) >= 11 is 0. The first-order valence-corrected chi connectivity index (χ1v) is 8.17. The van der Waals surface area contributed by atoms with E-state index in [9.17, 15) is 0 Å². The summed E-state index contributed by atoms with van der Waals surface area (Å²) in [5, 5.41) is 8.06. The number of hydrogen-bond acceptors (Lipinski definition) is 4. The van der Waals surface area contributed by atoms with Crippen LogP contribution in [0.25, 0.3) is 22.2 Å². The van der Waals surface area contributed by atoms with Crippen molar-refractivity contribution in [1.82, 2.24) is 20.3 Å². The summed E-state index contributed by atoms with van der Waals surface area (Å²) in [4.78, 5) is 12.4. The number of anilines is 1. The molecule has 3 N–H and O–H groups in total.